The van der Waals surface area contributed by atoms with Crippen LogP contribution in [-0.4, -0.2) is 15.5 Å². The Morgan fingerprint density at radius 2 is 2.00 bits per heavy atom. The van der Waals surface area contributed by atoms with Crippen molar-refractivity contribution in [2.24, 2.45) is 5.92 Å². The normalized spacial score (nSPS) is 11.0. The predicted molar refractivity (Wildman–Crippen MR) is 71.6 cm³/mol. The van der Waals surface area contributed by atoms with Gasteiger partial charge in [-0.15, -0.1) is 0 Å². The van der Waals surface area contributed by atoms with Gasteiger partial charge in [-0.1, -0.05) is 13.8 Å². The molecule has 0 aliphatic rings. The molecule has 0 bridgehead atoms. The molecule has 0 saturated carbocycles. The van der Waals surface area contributed by atoms with Gasteiger partial charge in [-0.25, -0.2) is 4.79 Å². The summed E-state index contributed by atoms with van der Waals surface area (Å²) in [7, 11) is 0. The van der Waals surface area contributed by atoms with Gasteiger partial charge in [-0.05, 0) is 32.8 Å². The van der Waals surface area contributed by atoms with E-state index in [2.05, 4.69) is 10.3 Å². The third-order valence-electron chi connectivity index (χ3n) is 2.99. The van der Waals surface area contributed by atoms with Crippen LogP contribution in [0.25, 0.3) is 0 Å². The van der Waals surface area contributed by atoms with Crippen LogP contribution in [-0.2, 0) is 4.79 Å². The van der Waals surface area contributed by atoms with Gasteiger partial charge in [-0.2, -0.15) is 4.98 Å². The van der Waals surface area contributed by atoms with Crippen LogP contribution >= 0.6 is 0 Å². The fraction of sp³-hybridized carbons (Fsp3) is 0.615. The lowest BCUT2D eigenvalue weighted by molar-refractivity contribution is -0.120. The quantitative estimate of drug-likeness (QED) is 0.872. The lowest BCUT2D eigenvalue weighted by Crippen LogP contribution is -2.27. The van der Waals surface area contributed by atoms with Crippen molar-refractivity contribution in [1.82, 2.24) is 9.55 Å². The van der Waals surface area contributed by atoms with E-state index < -0.39 is 0 Å². The lowest BCUT2D eigenvalue weighted by atomic mass is 10.0. The van der Waals surface area contributed by atoms with Gasteiger partial charge >= 0.3 is 5.69 Å². The molecule has 1 amide bonds. The van der Waals surface area contributed by atoms with Crippen LogP contribution in [0, 0.1) is 5.92 Å². The monoisotopic (exact) mass is 251 g/mol. The van der Waals surface area contributed by atoms with E-state index in [4.69, 9.17) is 0 Å². The molecule has 1 rings (SSSR count). The van der Waals surface area contributed by atoms with Gasteiger partial charge in [0.25, 0.3) is 0 Å². The van der Waals surface area contributed by atoms with Gasteiger partial charge in [0.1, 0.15) is 5.82 Å². The summed E-state index contributed by atoms with van der Waals surface area (Å²) in [5, 5.41) is 2.69. The first kappa shape index (κ1) is 14.4. The topological polar surface area (TPSA) is 64.0 Å². The van der Waals surface area contributed by atoms with Crippen LogP contribution in [0.1, 0.15) is 46.6 Å². The largest absolute Gasteiger partial charge is 0.349 e. The van der Waals surface area contributed by atoms with Crippen molar-refractivity contribution in [3.8, 4) is 0 Å². The van der Waals surface area contributed by atoms with Crippen molar-refractivity contribution in [2.45, 2.75) is 46.6 Å². The van der Waals surface area contributed by atoms with Gasteiger partial charge < -0.3 is 5.32 Å². The number of hydrogen-bond donors (Lipinski definition) is 1. The molecule has 0 spiro atoms. The van der Waals surface area contributed by atoms with E-state index in [0.717, 1.165) is 12.8 Å². The molecule has 5 nitrogen and oxygen atoms in total. The fourth-order valence-electron chi connectivity index (χ4n) is 1.76. The van der Waals surface area contributed by atoms with Crippen molar-refractivity contribution in [3.05, 3.63) is 22.7 Å². The summed E-state index contributed by atoms with van der Waals surface area (Å²) in [4.78, 5) is 27.4. The summed E-state index contributed by atoms with van der Waals surface area (Å²) in [5.74, 6) is 0.224. The Morgan fingerprint density at radius 1 is 1.39 bits per heavy atom. The molecule has 1 aromatic rings. The maximum absolute atomic E-state index is 11.8. The van der Waals surface area contributed by atoms with Crippen LogP contribution in [0.4, 0.5) is 5.82 Å². The third-order valence-corrected chi connectivity index (χ3v) is 2.99. The molecule has 0 fully saturated rings. The van der Waals surface area contributed by atoms with E-state index in [1.54, 1.807) is 12.3 Å². The summed E-state index contributed by atoms with van der Waals surface area (Å²) in [6, 6.07) is 1.72. The average Bonchev–Trinajstić information content (AvgIpc) is 2.30. The Bertz CT molecular complexity index is 462. The number of aromatic nitrogens is 2. The van der Waals surface area contributed by atoms with Crippen molar-refractivity contribution in [2.75, 3.05) is 5.32 Å². The van der Waals surface area contributed by atoms with Crippen LogP contribution in [0.15, 0.2) is 17.1 Å². The first-order chi connectivity index (χ1) is 8.49. The second-order valence-electron chi connectivity index (χ2n) is 4.60. The van der Waals surface area contributed by atoms with Crippen LogP contribution in [0.2, 0.25) is 0 Å². The average molecular weight is 251 g/mol. The molecule has 0 aliphatic carbocycles. The second kappa shape index (κ2) is 6.33. The number of rotatable bonds is 5. The zero-order valence-corrected chi connectivity index (χ0v) is 11.4. The maximum atomic E-state index is 11.8. The smallest absolute Gasteiger partial charge is 0.310 e. The zero-order chi connectivity index (χ0) is 13.7. The van der Waals surface area contributed by atoms with Gasteiger partial charge in [-0.3, -0.25) is 9.36 Å². The predicted octanol–water partition coefficient (Wildman–Crippen LogP) is 2.20. The summed E-state index contributed by atoms with van der Waals surface area (Å²) >= 11 is 0. The number of nitrogens with zero attached hydrogens (tertiary/aromatic N) is 2. The number of carbonyl (C=O) groups excluding carboxylic acids is 1. The molecular weight excluding hydrogens is 230 g/mol. The summed E-state index contributed by atoms with van der Waals surface area (Å²) in [6.45, 7) is 7.76. The molecule has 0 unspecified atom stereocenters. The van der Waals surface area contributed by atoms with E-state index in [0.29, 0.717) is 5.82 Å². The molecule has 0 aromatic carbocycles. The minimum atomic E-state index is -0.340. The summed E-state index contributed by atoms with van der Waals surface area (Å²) < 4.78 is 1.52. The SMILES string of the molecule is CCC(CC)C(=O)Nc1ccn(C(C)C)c(=O)n1. The van der Waals surface area contributed by atoms with E-state index in [-0.39, 0.29) is 23.6 Å². The molecule has 0 saturated heterocycles. The molecule has 0 radical (unpaired) electrons. The molecule has 100 valence electrons. The molecule has 0 aliphatic heterocycles. The van der Waals surface area contributed by atoms with Crippen LogP contribution in [0.5, 0.6) is 0 Å². The Balaban J connectivity index is 2.84. The lowest BCUT2D eigenvalue weighted by Gasteiger charge is -2.13. The summed E-state index contributed by atoms with van der Waals surface area (Å²) in [5.41, 5.74) is -0.340. The van der Waals surface area contributed by atoms with E-state index in [1.165, 1.54) is 4.57 Å². The van der Waals surface area contributed by atoms with Gasteiger partial charge in [0, 0.05) is 18.2 Å². The Morgan fingerprint density at radius 3 is 2.44 bits per heavy atom. The van der Waals surface area contributed by atoms with Crippen LogP contribution in [0.3, 0.4) is 0 Å². The minimum Gasteiger partial charge on any atom is -0.310 e. The first-order valence-electron chi connectivity index (χ1n) is 6.39. The number of hydrogen-bond acceptors (Lipinski definition) is 3. The molecule has 0 atom stereocenters. The molecule has 5 heteroatoms. The number of carbonyl (C=O) groups is 1. The highest BCUT2D eigenvalue weighted by molar-refractivity contribution is 5.91. The van der Waals surface area contributed by atoms with E-state index in [1.807, 2.05) is 27.7 Å². The van der Waals surface area contributed by atoms with Crippen LogP contribution < -0.4 is 11.0 Å². The highest BCUT2D eigenvalue weighted by Crippen LogP contribution is 2.11. The summed E-state index contributed by atoms with van der Waals surface area (Å²) in [6.07, 6.45) is 3.22. The minimum absolute atomic E-state index is 0.0284. The number of amides is 1. The molecule has 18 heavy (non-hydrogen) atoms. The van der Waals surface area contributed by atoms with Gasteiger partial charge in [0.15, 0.2) is 0 Å². The van der Waals surface area contributed by atoms with Crippen molar-refractivity contribution in [1.29, 1.82) is 0 Å². The highest BCUT2D eigenvalue weighted by atomic mass is 16.2. The molecular formula is C13H21N3O2. The Labute approximate surface area is 107 Å². The zero-order valence-electron chi connectivity index (χ0n) is 11.4. The number of nitrogens with one attached hydrogen (secondary N) is 1. The maximum Gasteiger partial charge on any atom is 0.349 e. The highest BCUT2D eigenvalue weighted by Gasteiger charge is 2.15. The van der Waals surface area contributed by atoms with Crippen molar-refractivity contribution in [3.63, 3.8) is 0 Å². The van der Waals surface area contributed by atoms with Gasteiger partial charge in [0.05, 0.1) is 0 Å². The Kier molecular flexibility index (Phi) is 5.07. The Hall–Kier alpha value is -1.65. The first-order valence-corrected chi connectivity index (χ1v) is 6.39. The third kappa shape index (κ3) is 3.42. The molecule has 1 heterocycles. The number of anilines is 1. The van der Waals surface area contributed by atoms with E-state index >= 15 is 0 Å². The standard InChI is InChI=1S/C13H21N3O2/c1-5-10(6-2)12(17)14-11-7-8-16(9(3)4)13(18)15-11/h7-10H,5-6H2,1-4H3,(H,14,15,17,18). The second-order valence-corrected chi connectivity index (χ2v) is 4.60. The van der Waals surface area contributed by atoms with Crippen molar-refractivity contribution >= 4 is 11.7 Å². The van der Waals surface area contributed by atoms with Crippen molar-refractivity contribution < 1.29 is 4.79 Å². The van der Waals surface area contributed by atoms with E-state index in [9.17, 15) is 9.59 Å². The molecule has 1 N–H and O–H groups in total. The van der Waals surface area contributed by atoms with Gasteiger partial charge in [0.2, 0.25) is 5.91 Å². The fourth-order valence-corrected chi connectivity index (χ4v) is 1.76. The molecule has 1 aromatic heterocycles.